The lowest BCUT2D eigenvalue weighted by Crippen LogP contribution is -2.25. The number of hydrogen-bond acceptors (Lipinski definition) is 5. The van der Waals surface area contributed by atoms with Crippen molar-refractivity contribution in [2.45, 2.75) is 46.1 Å². The molecule has 5 nitrogen and oxygen atoms in total. The van der Waals surface area contributed by atoms with Gasteiger partial charge in [-0.15, -0.1) is 10.2 Å². The second-order valence-electron chi connectivity index (χ2n) is 5.08. The van der Waals surface area contributed by atoms with Crippen LogP contribution < -0.4 is 11.3 Å². The molecule has 0 aliphatic carbocycles. The molecular weight excluding hydrogens is 272 g/mol. The molecule has 20 heavy (non-hydrogen) atoms. The predicted octanol–water partition coefficient (Wildman–Crippen LogP) is 2.87. The van der Waals surface area contributed by atoms with Gasteiger partial charge in [0.2, 0.25) is 5.13 Å². The van der Waals surface area contributed by atoms with E-state index in [1.54, 1.807) is 0 Å². The van der Waals surface area contributed by atoms with E-state index in [1.165, 1.54) is 11.3 Å². The quantitative estimate of drug-likeness (QED) is 0.919. The highest BCUT2D eigenvalue weighted by atomic mass is 32.1. The first kappa shape index (κ1) is 14.7. The summed E-state index contributed by atoms with van der Waals surface area (Å²) in [5.41, 5.74) is 7.24. The monoisotopic (exact) mass is 292 g/mol. The minimum atomic E-state index is 0.000741. The second-order valence-corrected chi connectivity index (χ2v) is 6.09. The van der Waals surface area contributed by atoms with E-state index in [0.29, 0.717) is 21.6 Å². The Kier molecular flexibility index (Phi) is 4.54. The Morgan fingerprint density at radius 1 is 1.35 bits per heavy atom. The zero-order chi connectivity index (χ0) is 14.7. The average molecular weight is 292 g/mol. The lowest BCUT2D eigenvalue weighted by Gasteiger charge is -2.16. The molecule has 0 aromatic carbocycles. The van der Waals surface area contributed by atoms with Crippen LogP contribution in [0.3, 0.4) is 0 Å². The molecule has 0 amide bonds. The van der Waals surface area contributed by atoms with Crippen LogP contribution >= 0.6 is 11.3 Å². The third-order valence-electron chi connectivity index (χ3n) is 3.21. The SMILES string of the molecule is CCCCn1c(C(C)C)ccc(-c2nnc(N)s2)c1=O. The molecule has 0 bridgehead atoms. The van der Waals surface area contributed by atoms with E-state index in [-0.39, 0.29) is 5.56 Å². The molecule has 2 rings (SSSR count). The van der Waals surface area contributed by atoms with Gasteiger partial charge in [0.05, 0.1) is 5.56 Å². The van der Waals surface area contributed by atoms with E-state index in [9.17, 15) is 4.79 Å². The molecule has 0 aliphatic heterocycles. The maximum absolute atomic E-state index is 12.7. The van der Waals surface area contributed by atoms with E-state index in [4.69, 9.17) is 5.73 Å². The first-order valence-corrected chi connectivity index (χ1v) is 7.69. The Morgan fingerprint density at radius 2 is 2.10 bits per heavy atom. The zero-order valence-corrected chi connectivity index (χ0v) is 12.9. The van der Waals surface area contributed by atoms with Crippen molar-refractivity contribution in [3.05, 3.63) is 28.2 Å². The van der Waals surface area contributed by atoms with Gasteiger partial charge in [-0.2, -0.15) is 0 Å². The number of nitrogens with zero attached hydrogens (tertiary/aromatic N) is 3. The van der Waals surface area contributed by atoms with Crippen LogP contribution in [0.4, 0.5) is 5.13 Å². The summed E-state index contributed by atoms with van der Waals surface area (Å²) in [6, 6.07) is 3.84. The first-order valence-electron chi connectivity index (χ1n) is 6.87. The van der Waals surface area contributed by atoms with Crippen LogP contribution in [-0.2, 0) is 6.54 Å². The van der Waals surface area contributed by atoms with Gasteiger partial charge in [-0.1, -0.05) is 38.5 Å². The largest absolute Gasteiger partial charge is 0.374 e. The van der Waals surface area contributed by atoms with Crippen molar-refractivity contribution >= 4 is 16.5 Å². The van der Waals surface area contributed by atoms with Crippen LogP contribution in [0.15, 0.2) is 16.9 Å². The van der Waals surface area contributed by atoms with E-state index < -0.39 is 0 Å². The van der Waals surface area contributed by atoms with Crippen LogP contribution in [0.25, 0.3) is 10.6 Å². The number of nitrogens with two attached hydrogens (primary N) is 1. The van der Waals surface area contributed by atoms with Gasteiger partial charge in [0, 0.05) is 12.2 Å². The van der Waals surface area contributed by atoms with Crippen molar-refractivity contribution < 1.29 is 0 Å². The molecule has 0 spiro atoms. The molecule has 0 radical (unpaired) electrons. The molecule has 2 aromatic rings. The standard InChI is InChI=1S/C14H20N4OS/c1-4-5-8-18-11(9(2)3)7-6-10(13(18)19)12-16-17-14(15)20-12/h6-7,9H,4-5,8H2,1-3H3,(H2,15,17). The first-order chi connectivity index (χ1) is 9.54. The van der Waals surface area contributed by atoms with E-state index >= 15 is 0 Å². The van der Waals surface area contributed by atoms with Crippen molar-refractivity contribution in [1.82, 2.24) is 14.8 Å². The Balaban J connectivity index is 2.53. The third kappa shape index (κ3) is 2.90. The third-order valence-corrected chi connectivity index (χ3v) is 3.99. The van der Waals surface area contributed by atoms with E-state index in [1.807, 2.05) is 16.7 Å². The minimum Gasteiger partial charge on any atom is -0.374 e. The van der Waals surface area contributed by atoms with Gasteiger partial charge >= 0.3 is 0 Å². The molecular formula is C14H20N4OS. The minimum absolute atomic E-state index is 0.000741. The van der Waals surface area contributed by atoms with Crippen LogP contribution in [0, 0.1) is 0 Å². The van der Waals surface area contributed by atoms with E-state index in [0.717, 1.165) is 25.1 Å². The number of aromatic nitrogens is 3. The summed E-state index contributed by atoms with van der Waals surface area (Å²) in [5.74, 6) is 0.313. The molecule has 108 valence electrons. The fourth-order valence-electron chi connectivity index (χ4n) is 2.15. The topological polar surface area (TPSA) is 73.8 Å². The van der Waals surface area contributed by atoms with Crippen molar-refractivity contribution in [1.29, 1.82) is 0 Å². The van der Waals surface area contributed by atoms with Gasteiger partial charge in [-0.05, 0) is 24.5 Å². The lowest BCUT2D eigenvalue weighted by atomic mass is 10.1. The number of unbranched alkanes of at least 4 members (excludes halogenated alkanes) is 1. The van der Waals surface area contributed by atoms with Crippen LogP contribution in [0.5, 0.6) is 0 Å². The van der Waals surface area contributed by atoms with Crippen molar-refractivity contribution in [2.75, 3.05) is 5.73 Å². The molecule has 6 heteroatoms. The molecule has 0 atom stereocenters. The Labute approximate surface area is 122 Å². The molecule has 2 N–H and O–H groups in total. The van der Waals surface area contributed by atoms with Crippen LogP contribution in [-0.4, -0.2) is 14.8 Å². The zero-order valence-electron chi connectivity index (χ0n) is 12.1. The number of hydrogen-bond donors (Lipinski definition) is 1. The predicted molar refractivity (Wildman–Crippen MR) is 83.0 cm³/mol. The summed E-state index contributed by atoms with van der Waals surface area (Å²) in [5, 5.41) is 8.73. The number of anilines is 1. The van der Waals surface area contributed by atoms with Gasteiger partial charge in [0.1, 0.15) is 0 Å². The second kappa shape index (κ2) is 6.17. The Hall–Kier alpha value is -1.69. The highest BCUT2D eigenvalue weighted by molar-refractivity contribution is 7.18. The summed E-state index contributed by atoms with van der Waals surface area (Å²) in [7, 11) is 0. The highest BCUT2D eigenvalue weighted by Gasteiger charge is 2.15. The molecule has 2 heterocycles. The summed E-state index contributed by atoms with van der Waals surface area (Å²) in [6.07, 6.45) is 2.04. The summed E-state index contributed by atoms with van der Waals surface area (Å²) in [4.78, 5) is 12.7. The number of pyridine rings is 1. The fourth-order valence-corrected chi connectivity index (χ4v) is 2.78. The molecule has 0 aliphatic rings. The van der Waals surface area contributed by atoms with Gasteiger partial charge in [-0.3, -0.25) is 4.79 Å². The lowest BCUT2D eigenvalue weighted by molar-refractivity contribution is 0.571. The Morgan fingerprint density at radius 3 is 2.65 bits per heavy atom. The fraction of sp³-hybridized carbons (Fsp3) is 0.500. The van der Waals surface area contributed by atoms with Gasteiger partial charge < -0.3 is 10.3 Å². The molecule has 0 saturated heterocycles. The van der Waals surface area contributed by atoms with E-state index in [2.05, 4.69) is 31.0 Å². The number of rotatable bonds is 5. The van der Waals surface area contributed by atoms with Crippen molar-refractivity contribution in [3.8, 4) is 10.6 Å². The maximum atomic E-state index is 12.7. The van der Waals surface area contributed by atoms with Crippen molar-refractivity contribution in [3.63, 3.8) is 0 Å². The average Bonchev–Trinajstić information content (AvgIpc) is 2.83. The summed E-state index contributed by atoms with van der Waals surface area (Å²) < 4.78 is 1.86. The summed E-state index contributed by atoms with van der Waals surface area (Å²) in [6.45, 7) is 7.06. The van der Waals surface area contributed by atoms with Gasteiger partial charge in [0.15, 0.2) is 5.01 Å². The maximum Gasteiger partial charge on any atom is 0.261 e. The van der Waals surface area contributed by atoms with Crippen LogP contribution in [0.1, 0.15) is 45.2 Å². The van der Waals surface area contributed by atoms with Gasteiger partial charge in [0.25, 0.3) is 5.56 Å². The Bertz CT molecular complexity index is 645. The van der Waals surface area contributed by atoms with Gasteiger partial charge in [-0.25, -0.2) is 0 Å². The molecule has 0 fully saturated rings. The molecule has 0 unspecified atom stereocenters. The number of nitrogen functional groups attached to an aromatic ring is 1. The molecule has 0 saturated carbocycles. The van der Waals surface area contributed by atoms with Crippen LogP contribution in [0.2, 0.25) is 0 Å². The van der Waals surface area contributed by atoms with Crippen molar-refractivity contribution in [2.24, 2.45) is 0 Å². The summed E-state index contributed by atoms with van der Waals surface area (Å²) >= 11 is 1.24. The molecule has 2 aromatic heterocycles. The highest BCUT2D eigenvalue weighted by Crippen LogP contribution is 2.23. The normalized spacial score (nSPS) is 11.2. The smallest absolute Gasteiger partial charge is 0.261 e.